The molecule has 7 nitrogen and oxygen atoms in total. The SMILES string of the molecule is CC(C)(C)OC(=O)N1CC(F)(c2ccc(C(=O)CC(C[N+](=O)[O-])(c3cc(Cl)c(F)c(Cl)c3)C(F)(F)F)cc2)C1. The zero-order valence-corrected chi connectivity index (χ0v) is 22.4. The third-order valence-corrected chi connectivity index (χ3v) is 6.75. The first kappa shape index (κ1) is 30.6. The number of rotatable bonds is 7. The summed E-state index contributed by atoms with van der Waals surface area (Å²) in [5.74, 6) is -2.36. The number of alkyl halides is 4. The molecule has 14 heteroatoms. The van der Waals surface area contributed by atoms with Crippen LogP contribution in [0.2, 0.25) is 10.0 Å². The van der Waals surface area contributed by atoms with Crippen LogP contribution in [0.15, 0.2) is 36.4 Å². The molecule has 1 fully saturated rings. The first-order chi connectivity index (χ1) is 17.8. The molecule has 2 aromatic carbocycles. The van der Waals surface area contributed by atoms with Gasteiger partial charge in [-0.2, -0.15) is 13.2 Å². The first-order valence-corrected chi connectivity index (χ1v) is 12.2. The molecule has 1 amide bonds. The Balaban J connectivity index is 1.88. The molecule has 0 saturated carbocycles. The molecule has 0 aromatic heterocycles. The van der Waals surface area contributed by atoms with E-state index < -0.39 is 74.1 Å². The zero-order valence-electron chi connectivity index (χ0n) is 20.9. The Morgan fingerprint density at radius 1 is 1.08 bits per heavy atom. The average Bonchev–Trinajstić information content (AvgIpc) is 2.77. The second-order valence-corrected chi connectivity index (χ2v) is 11.1. The van der Waals surface area contributed by atoms with Gasteiger partial charge in [0, 0.05) is 16.9 Å². The molecular formula is C25H23Cl2F5N2O5. The van der Waals surface area contributed by atoms with Gasteiger partial charge in [-0.05, 0) is 44.0 Å². The maximum atomic E-state index is 15.3. The van der Waals surface area contributed by atoms with E-state index in [0.29, 0.717) is 12.1 Å². The van der Waals surface area contributed by atoms with E-state index >= 15 is 4.39 Å². The first-order valence-electron chi connectivity index (χ1n) is 11.4. The van der Waals surface area contributed by atoms with Crippen molar-refractivity contribution < 1.29 is 41.2 Å². The molecule has 0 spiro atoms. The fraction of sp³-hybridized carbons (Fsp3) is 0.440. The van der Waals surface area contributed by atoms with E-state index in [4.69, 9.17) is 27.9 Å². The summed E-state index contributed by atoms with van der Waals surface area (Å²) in [6.45, 7) is 2.54. The topological polar surface area (TPSA) is 89.8 Å². The third kappa shape index (κ3) is 6.43. The lowest BCUT2D eigenvalue weighted by Gasteiger charge is -2.44. The van der Waals surface area contributed by atoms with E-state index in [9.17, 15) is 37.3 Å². The molecule has 0 N–H and O–H groups in total. The summed E-state index contributed by atoms with van der Waals surface area (Å²) in [6, 6.07) is 5.66. The summed E-state index contributed by atoms with van der Waals surface area (Å²) in [7, 11) is 0. The lowest BCUT2D eigenvalue weighted by atomic mass is 9.74. The molecule has 212 valence electrons. The molecule has 1 aliphatic rings. The second kappa shape index (κ2) is 10.5. The number of hydrogen-bond donors (Lipinski definition) is 0. The van der Waals surface area contributed by atoms with Gasteiger partial charge in [0.2, 0.25) is 6.54 Å². The number of likely N-dealkylation sites (tertiary alicyclic amines) is 1. The van der Waals surface area contributed by atoms with Gasteiger partial charge in [-0.1, -0.05) is 47.5 Å². The Hall–Kier alpha value is -2.99. The summed E-state index contributed by atoms with van der Waals surface area (Å²) in [5.41, 5.74) is -7.20. The normalized spacial score (nSPS) is 16.7. The van der Waals surface area contributed by atoms with Crippen molar-refractivity contribution in [2.75, 3.05) is 19.6 Å². The highest BCUT2D eigenvalue weighted by atomic mass is 35.5. The molecule has 0 radical (unpaired) electrons. The maximum absolute atomic E-state index is 15.3. The van der Waals surface area contributed by atoms with Gasteiger partial charge in [-0.15, -0.1) is 0 Å². The molecule has 1 saturated heterocycles. The van der Waals surface area contributed by atoms with Crippen molar-refractivity contribution in [3.8, 4) is 0 Å². The number of nitrogens with zero attached hydrogens (tertiary/aromatic N) is 2. The lowest BCUT2D eigenvalue weighted by Crippen LogP contribution is -2.59. The molecule has 1 aliphatic heterocycles. The van der Waals surface area contributed by atoms with E-state index in [1.165, 1.54) is 12.1 Å². The molecule has 0 bridgehead atoms. The van der Waals surface area contributed by atoms with Crippen molar-refractivity contribution in [3.05, 3.63) is 79.1 Å². The number of hydrogen-bond acceptors (Lipinski definition) is 5. The number of carbonyl (C=O) groups excluding carboxylic acids is 2. The fourth-order valence-corrected chi connectivity index (χ4v) is 4.67. The van der Waals surface area contributed by atoms with Gasteiger partial charge in [-0.25, -0.2) is 13.6 Å². The summed E-state index contributed by atoms with van der Waals surface area (Å²) in [6.07, 6.45) is -7.49. The van der Waals surface area contributed by atoms with Crippen molar-refractivity contribution >= 4 is 35.1 Å². The smallest absolute Gasteiger partial charge is 0.410 e. The molecule has 1 heterocycles. The van der Waals surface area contributed by atoms with Crippen LogP contribution in [-0.4, -0.2) is 53.1 Å². The molecule has 3 rings (SSSR count). The largest absolute Gasteiger partial charge is 0.444 e. The van der Waals surface area contributed by atoms with Gasteiger partial charge in [0.25, 0.3) is 0 Å². The second-order valence-electron chi connectivity index (χ2n) is 10.3. The molecule has 1 unspecified atom stereocenters. The third-order valence-electron chi connectivity index (χ3n) is 6.20. The minimum Gasteiger partial charge on any atom is -0.444 e. The van der Waals surface area contributed by atoms with Crippen LogP contribution in [0.5, 0.6) is 0 Å². The van der Waals surface area contributed by atoms with Gasteiger partial charge < -0.3 is 9.64 Å². The van der Waals surface area contributed by atoms with Gasteiger partial charge in [0.15, 0.2) is 22.7 Å². The summed E-state index contributed by atoms with van der Waals surface area (Å²) < 4.78 is 77.6. The Morgan fingerprint density at radius 2 is 1.59 bits per heavy atom. The number of halogens is 7. The Bertz CT molecular complexity index is 1270. The molecule has 1 atom stereocenters. The number of amides is 1. The van der Waals surface area contributed by atoms with Crippen molar-refractivity contribution in [2.45, 2.75) is 50.1 Å². The molecule has 39 heavy (non-hydrogen) atoms. The van der Waals surface area contributed by atoms with Crippen molar-refractivity contribution in [2.24, 2.45) is 0 Å². The standard InChI is InChI=1S/C25H23Cl2F5N2O5/c1-22(2,3)39-21(36)33-12-24(29,13-33)15-6-4-14(5-7-15)19(35)10-23(11-34(37)38,25(30,31)32)16-8-17(26)20(28)18(27)9-16/h4-9H,10-13H2,1-3H3. The van der Waals surface area contributed by atoms with Crippen LogP contribution < -0.4 is 0 Å². The predicted octanol–water partition coefficient (Wildman–Crippen LogP) is 6.90. The van der Waals surface area contributed by atoms with Crippen LogP contribution in [0, 0.1) is 15.9 Å². The minimum atomic E-state index is -5.35. The molecular weight excluding hydrogens is 574 g/mol. The van der Waals surface area contributed by atoms with E-state index in [-0.39, 0.29) is 24.2 Å². The minimum absolute atomic E-state index is 0.0725. The number of benzene rings is 2. The number of carbonyl (C=O) groups is 2. The van der Waals surface area contributed by atoms with Crippen LogP contribution in [0.4, 0.5) is 26.7 Å². The Kier molecular flexibility index (Phi) is 8.25. The number of ether oxygens (including phenoxy) is 1. The van der Waals surface area contributed by atoms with Crippen LogP contribution in [-0.2, 0) is 15.8 Å². The highest BCUT2D eigenvalue weighted by molar-refractivity contribution is 6.35. The van der Waals surface area contributed by atoms with E-state index in [1.807, 2.05) is 0 Å². The van der Waals surface area contributed by atoms with Crippen LogP contribution >= 0.6 is 23.2 Å². The lowest BCUT2D eigenvalue weighted by molar-refractivity contribution is -0.501. The van der Waals surface area contributed by atoms with Crippen LogP contribution in [0.3, 0.4) is 0 Å². The van der Waals surface area contributed by atoms with Crippen LogP contribution in [0.25, 0.3) is 0 Å². The highest BCUT2D eigenvalue weighted by Gasteiger charge is 2.61. The Labute approximate surface area is 230 Å². The Morgan fingerprint density at radius 3 is 2.03 bits per heavy atom. The van der Waals surface area contributed by atoms with Gasteiger partial charge >= 0.3 is 12.3 Å². The molecule has 0 aliphatic carbocycles. The summed E-state index contributed by atoms with van der Waals surface area (Å²) >= 11 is 11.3. The quantitative estimate of drug-likeness (QED) is 0.114. The highest BCUT2D eigenvalue weighted by Crippen LogP contribution is 2.47. The monoisotopic (exact) mass is 596 g/mol. The maximum Gasteiger partial charge on any atom is 0.410 e. The van der Waals surface area contributed by atoms with Crippen LogP contribution in [0.1, 0.15) is 48.7 Å². The van der Waals surface area contributed by atoms with Gasteiger partial charge in [0.05, 0.1) is 23.1 Å². The van der Waals surface area contributed by atoms with E-state index in [2.05, 4.69) is 0 Å². The van der Waals surface area contributed by atoms with Gasteiger partial charge in [0.1, 0.15) is 5.60 Å². The predicted molar refractivity (Wildman–Crippen MR) is 132 cm³/mol. The fourth-order valence-electron chi connectivity index (χ4n) is 4.18. The van der Waals surface area contributed by atoms with Crippen molar-refractivity contribution in [3.63, 3.8) is 0 Å². The number of nitro groups is 1. The zero-order chi connectivity index (χ0) is 29.6. The average molecular weight is 597 g/mol. The van der Waals surface area contributed by atoms with Crippen molar-refractivity contribution in [1.82, 2.24) is 4.90 Å². The van der Waals surface area contributed by atoms with Crippen molar-refractivity contribution in [1.29, 1.82) is 0 Å². The number of Topliss-reactive ketones (excluding diaryl/α,β-unsaturated/α-hetero) is 1. The molecule has 2 aromatic rings. The van der Waals surface area contributed by atoms with E-state index in [0.717, 1.165) is 17.0 Å². The number of ketones is 1. The summed E-state index contributed by atoms with van der Waals surface area (Å²) in [5, 5.41) is 9.70. The van der Waals surface area contributed by atoms with E-state index in [1.54, 1.807) is 20.8 Å². The van der Waals surface area contributed by atoms with Gasteiger partial charge in [-0.3, -0.25) is 14.9 Å². The summed E-state index contributed by atoms with van der Waals surface area (Å²) in [4.78, 5) is 36.3.